The van der Waals surface area contributed by atoms with Gasteiger partial charge in [0.05, 0.1) is 26.2 Å². The smallest absolute Gasteiger partial charge is 0.203 e. The SMILES string of the molecule is CCSc1ccc2c(cc1=O)C(N)CCc1cc(OC)c(OC)c(OC)c1-2. The lowest BCUT2D eigenvalue weighted by Gasteiger charge is -2.19. The molecule has 144 valence electrons. The fraction of sp³-hybridized carbons (Fsp3) is 0.381. The molecule has 1 unspecified atom stereocenters. The number of benzene rings is 1. The third-order valence-electron chi connectivity index (χ3n) is 4.85. The maximum atomic E-state index is 12.7. The summed E-state index contributed by atoms with van der Waals surface area (Å²) >= 11 is 1.54. The molecule has 2 N–H and O–H groups in total. The van der Waals surface area contributed by atoms with Crippen LogP contribution >= 0.6 is 11.8 Å². The maximum absolute atomic E-state index is 12.7. The van der Waals surface area contributed by atoms with Crippen LogP contribution in [-0.2, 0) is 6.42 Å². The van der Waals surface area contributed by atoms with Crippen molar-refractivity contribution in [2.45, 2.75) is 30.7 Å². The van der Waals surface area contributed by atoms with Crippen LogP contribution in [0, 0.1) is 0 Å². The van der Waals surface area contributed by atoms with Gasteiger partial charge in [0.1, 0.15) is 0 Å². The molecule has 3 rings (SSSR count). The molecular formula is C21H25NO4S. The maximum Gasteiger partial charge on any atom is 0.203 e. The first-order chi connectivity index (χ1) is 13.0. The largest absolute Gasteiger partial charge is 0.493 e. The van der Waals surface area contributed by atoms with Crippen molar-refractivity contribution in [3.63, 3.8) is 0 Å². The number of hydrogen-bond donors (Lipinski definition) is 1. The number of aryl methyl sites for hydroxylation is 1. The van der Waals surface area contributed by atoms with E-state index in [-0.39, 0.29) is 11.5 Å². The second kappa shape index (κ2) is 8.23. The van der Waals surface area contributed by atoms with Gasteiger partial charge in [-0.2, -0.15) is 0 Å². The van der Waals surface area contributed by atoms with E-state index in [0.717, 1.165) is 45.7 Å². The molecule has 1 atom stereocenters. The second-order valence-corrected chi connectivity index (χ2v) is 7.64. The highest BCUT2D eigenvalue weighted by molar-refractivity contribution is 7.99. The molecule has 6 heteroatoms. The molecular weight excluding hydrogens is 362 g/mol. The number of ether oxygens (including phenoxy) is 3. The summed E-state index contributed by atoms with van der Waals surface area (Å²) < 4.78 is 16.8. The molecule has 27 heavy (non-hydrogen) atoms. The Morgan fingerprint density at radius 2 is 1.85 bits per heavy atom. The zero-order valence-electron chi connectivity index (χ0n) is 16.1. The average Bonchev–Trinajstić information content (AvgIpc) is 2.91. The van der Waals surface area contributed by atoms with Gasteiger partial charge in [-0.25, -0.2) is 0 Å². The number of methoxy groups -OCH3 is 3. The number of hydrogen-bond acceptors (Lipinski definition) is 6. The van der Waals surface area contributed by atoms with Crippen LogP contribution < -0.4 is 25.4 Å². The zero-order valence-corrected chi connectivity index (χ0v) is 16.9. The monoisotopic (exact) mass is 387 g/mol. The van der Waals surface area contributed by atoms with Gasteiger partial charge < -0.3 is 19.9 Å². The van der Waals surface area contributed by atoms with Crippen LogP contribution in [-0.4, -0.2) is 27.1 Å². The number of rotatable bonds is 5. The van der Waals surface area contributed by atoms with Crippen molar-refractivity contribution in [2.24, 2.45) is 5.73 Å². The van der Waals surface area contributed by atoms with E-state index >= 15 is 0 Å². The average molecular weight is 388 g/mol. The summed E-state index contributed by atoms with van der Waals surface area (Å²) in [5.41, 5.74) is 10.2. The lowest BCUT2D eigenvalue weighted by molar-refractivity contribution is 0.324. The lowest BCUT2D eigenvalue weighted by atomic mass is 9.95. The molecule has 0 aromatic heterocycles. The van der Waals surface area contributed by atoms with Gasteiger partial charge in [-0.15, -0.1) is 11.8 Å². The summed E-state index contributed by atoms with van der Waals surface area (Å²) in [7, 11) is 4.81. The van der Waals surface area contributed by atoms with Crippen LogP contribution in [0.3, 0.4) is 0 Å². The van der Waals surface area contributed by atoms with Crippen molar-refractivity contribution in [1.29, 1.82) is 0 Å². The Balaban J connectivity index is 2.39. The van der Waals surface area contributed by atoms with E-state index in [9.17, 15) is 4.79 Å². The van der Waals surface area contributed by atoms with Crippen LogP contribution in [0.5, 0.6) is 17.2 Å². The fourth-order valence-corrected chi connectivity index (χ4v) is 4.28. The number of fused-ring (bicyclic) bond motifs is 3. The van der Waals surface area contributed by atoms with Gasteiger partial charge in [0.2, 0.25) is 5.75 Å². The minimum Gasteiger partial charge on any atom is -0.493 e. The molecule has 0 radical (unpaired) electrons. The summed E-state index contributed by atoms with van der Waals surface area (Å²) in [6, 6.07) is 7.29. The van der Waals surface area contributed by atoms with Gasteiger partial charge in [-0.3, -0.25) is 4.79 Å². The van der Waals surface area contributed by atoms with Crippen LogP contribution in [0.2, 0.25) is 0 Å². The normalized spacial score (nSPS) is 15.4. The third kappa shape index (κ3) is 3.51. The minimum absolute atomic E-state index is 0.00134. The first-order valence-electron chi connectivity index (χ1n) is 8.94. The Labute approximate surface area is 163 Å². The fourth-order valence-electron chi connectivity index (χ4n) is 3.60. The highest BCUT2D eigenvalue weighted by Gasteiger charge is 2.27. The lowest BCUT2D eigenvalue weighted by Crippen LogP contribution is -2.12. The second-order valence-electron chi connectivity index (χ2n) is 6.33. The summed E-state index contributed by atoms with van der Waals surface area (Å²) in [5, 5.41) is 0. The molecule has 0 saturated carbocycles. The summed E-state index contributed by atoms with van der Waals surface area (Å²) in [6.07, 6.45) is 1.49. The topological polar surface area (TPSA) is 70.8 Å². The molecule has 0 fully saturated rings. The predicted octanol–water partition coefficient (Wildman–Crippen LogP) is 3.80. The van der Waals surface area contributed by atoms with Crippen molar-refractivity contribution < 1.29 is 14.2 Å². The van der Waals surface area contributed by atoms with Gasteiger partial charge in [0.15, 0.2) is 16.9 Å². The van der Waals surface area contributed by atoms with Crippen LogP contribution in [0.4, 0.5) is 0 Å². The van der Waals surface area contributed by atoms with Crippen LogP contribution in [0.25, 0.3) is 11.1 Å². The third-order valence-corrected chi connectivity index (χ3v) is 5.78. The summed E-state index contributed by atoms with van der Waals surface area (Å²) in [6.45, 7) is 2.03. The molecule has 0 bridgehead atoms. The van der Waals surface area contributed by atoms with E-state index in [2.05, 4.69) is 0 Å². The standard InChI is InChI=1S/C21H25NO4S/c1-5-27-18-9-7-13-14(11-16(18)23)15(22)8-6-12-10-17(24-2)20(25-3)21(26-4)19(12)13/h7,9-11,15H,5-6,8,22H2,1-4H3. The highest BCUT2D eigenvalue weighted by atomic mass is 32.2. The Morgan fingerprint density at radius 1 is 1.11 bits per heavy atom. The highest BCUT2D eigenvalue weighted by Crippen LogP contribution is 2.49. The zero-order chi connectivity index (χ0) is 19.6. The van der Waals surface area contributed by atoms with E-state index in [4.69, 9.17) is 19.9 Å². The quantitative estimate of drug-likeness (QED) is 0.787. The molecule has 1 aliphatic carbocycles. The molecule has 0 heterocycles. The Kier molecular flexibility index (Phi) is 5.97. The van der Waals surface area contributed by atoms with Crippen molar-refractivity contribution in [2.75, 3.05) is 27.1 Å². The van der Waals surface area contributed by atoms with Crippen molar-refractivity contribution in [3.8, 4) is 28.4 Å². The summed E-state index contributed by atoms with van der Waals surface area (Å²) in [4.78, 5) is 13.4. The van der Waals surface area contributed by atoms with Crippen molar-refractivity contribution in [3.05, 3.63) is 45.6 Å². The van der Waals surface area contributed by atoms with E-state index in [1.807, 2.05) is 25.1 Å². The Morgan fingerprint density at radius 3 is 2.48 bits per heavy atom. The molecule has 1 aliphatic rings. The van der Waals surface area contributed by atoms with Gasteiger partial charge in [0.25, 0.3) is 0 Å². The Bertz CT molecular complexity index is 914. The van der Waals surface area contributed by atoms with Gasteiger partial charge in [0, 0.05) is 11.6 Å². The number of nitrogens with two attached hydrogens (primary N) is 1. The molecule has 2 aromatic rings. The molecule has 0 spiro atoms. The van der Waals surface area contributed by atoms with Gasteiger partial charge in [-0.1, -0.05) is 13.0 Å². The minimum atomic E-state index is -0.228. The van der Waals surface area contributed by atoms with E-state index < -0.39 is 0 Å². The summed E-state index contributed by atoms with van der Waals surface area (Å²) in [5.74, 6) is 2.60. The molecule has 2 aromatic carbocycles. The van der Waals surface area contributed by atoms with Gasteiger partial charge >= 0.3 is 0 Å². The van der Waals surface area contributed by atoms with Crippen molar-refractivity contribution >= 4 is 11.8 Å². The predicted molar refractivity (Wildman–Crippen MR) is 109 cm³/mol. The van der Waals surface area contributed by atoms with E-state index in [1.54, 1.807) is 27.4 Å². The van der Waals surface area contributed by atoms with E-state index in [0.29, 0.717) is 17.2 Å². The first kappa shape index (κ1) is 19.6. The molecule has 0 amide bonds. The van der Waals surface area contributed by atoms with Crippen LogP contribution in [0.15, 0.2) is 34.0 Å². The van der Waals surface area contributed by atoms with E-state index in [1.165, 1.54) is 11.8 Å². The molecule has 0 aliphatic heterocycles. The molecule has 5 nitrogen and oxygen atoms in total. The molecule has 0 saturated heterocycles. The first-order valence-corrected chi connectivity index (χ1v) is 9.93. The van der Waals surface area contributed by atoms with Crippen LogP contribution in [0.1, 0.15) is 30.5 Å². The number of thioether (sulfide) groups is 1. The van der Waals surface area contributed by atoms with Crippen molar-refractivity contribution in [1.82, 2.24) is 0 Å². The van der Waals surface area contributed by atoms with Gasteiger partial charge in [-0.05, 0) is 53.5 Å². The Hall–Kier alpha value is -2.18.